The van der Waals surface area contributed by atoms with Gasteiger partial charge in [-0.3, -0.25) is 0 Å². The molecule has 0 aliphatic carbocycles. The van der Waals surface area contributed by atoms with Crippen molar-refractivity contribution in [1.29, 1.82) is 0 Å². The molecule has 0 N–H and O–H groups in total. The van der Waals surface area contributed by atoms with Gasteiger partial charge in [0.05, 0.1) is 10.7 Å². The first-order chi connectivity index (χ1) is 8.61. The second kappa shape index (κ2) is 5.85. The minimum Gasteiger partial charge on any atom is -0.241 e. The first kappa shape index (κ1) is 13.6. The van der Waals surface area contributed by atoms with Crippen LogP contribution in [0.15, 0.2) is 24.3 Å². The molecule has 0 radical (unpaired) electrons. The van der Waals surface area contributed by atoms with Crippen LogP contribution in [-0.4, -0.2) is 10.9 Å². The molecule has 2 rings (SSSR count). The van der Waals surface area contributed by atoms with E-state index in [9.17, 15) is 0 Å². The zero-order valence-electron chi connectivity index (χ0n) is 11.0. The monoisotopic (exact) mass is 279 g/mol. The van der Waals surface area contributed by atoms with Crippen molar-refractivity contribution in [2.45, 2.75) is 33.1 Å². The van der Waals surface area contributed by atoms with Crippen molar-refractivity contribution >= 4 is 22.9 Å². The standard InChI is InChI=1S/C15H18ClNS/c1-10(2)12-4-6-13(7-5-12)15-14(8-9-16)18-11(3)17-15/h4-7,10H,8-9H2,1-3H3. The van der Waals surface area contributed by atoms with Crippen LogP contribution in [0, 0.1) is 6.92 Å². The van der Waals surface area contributed by atoms with E-state index in [1.165, 1.54) is 16.0 Å². The van der Waals surface area contributed by atoms with Crippen LogP contribution in [-0.2, 0) is 6.42 Å². The van der Waals surface area contributed by atoms with Crippen molar-refractivity contribution < 1.29 is 0 Å². The molecule has 0 unspecified atom stereocenters. The highest BCUT2D eigenvalue weighted by molar-refractivity contribution is 7.12. The number of aryl methyl sites for hydroxylation is 2. The lowest BCUT2D eigenvalue weighted by Gasteiger charge is -2.06. The van der Waals surface area contributed by atoms with E-state index in [1.54, 1.807) is 11.3 Å². The quantitative estimate of drug-likeness (QED) is 0.716. The third-order valence-electron chi connectivity index (χ3n) is 2.98. The zero-order chi connectivity index (χ0) is 13.1. The Hall–Kier alpha value is -0.860. The molecule has 1 aromatic carbocycles. The normalized spacial score (nSPS) is 11.2. The van der Waals surface area contributed by atoms with Gasteiger partial charge in [-0.1, -0.05) is 38.1 Å². The summed E-state index contributed by atoms with van der Waals surface area (Å²) in [5, 5.41) is 1.11. The molecule has 0 amide bonds. The van der Waals surface area contributed by atoms with Gasteiger partial charge in [0.2, 0.25) is 0 Å². The Morgan fingerprint density at radius 2 is 1.89 bits per heavy atom. The summed E-state index contributed by atoms with van der Waals surface area (Å²) < 4.78 is 0. The molecule has 0 aliphatic rings. The van der Waals surface area contributed by atoms with Gasteiger partial charge in [0, 0.05) is 16.3 Å². The van der Waals surface area contributed by atoms with Crippen LogP contribution >= 0.6 is 22.9 Å². The fraction of sp³-hybridized carbons (Fsp3) is 0.400. The van der Waals surface area contributed by atoms with E-state index in [0.717, 1.165) is 17.1 Å². The third kappa shape index (κ3) is 2.93. The van der Waals surface area contributed by atoms with Gasteiger partial charge in [0.25, 0.3) is 0 Å². The highest BCUT2D eigenvalue weighted by Gasteiger charge is 2.11. The number of benzene rings is 1. The minimum absolute atomic E-state index is 0.568. The average molecular weight is 280 g/mol. The van der Waals surface area contributed by atoms with Crippen molar-refractivity contribution in [2.75, 3.05) is 5.88 Å². The topological polar surface area (TPSA) is 12.9 Å². The lowest BCUT2D eigenvalue weighted by atomic mass is 10.0. The van der Waals surface area contributed by atoms with Gasteiger partial charge in [0.1, 0.15) is 0 Å². The predicted molar refractivity (Wildman–Crippen MR) is 80.8 cm³/mol. The largest absolute Gasteiger partial charge is 0.241 e. The van der Waals surface area contributed by atoms with Crippen LogP contribution in [0.2, 0.25) is 0 Å². The van der Waals surface area contributed by atoms with Crippen LogP contribution in [0.5, 0.6) is 0 Å². The average Bonchev–Trinajstić information content (AvgIpc) is 2.71. The molecule has 1 aromatic heterocycles. The maximum Gasteiger partial charge on any atom is 0.0904 e. The fourth-order valence-electron chi connectivity index (χ4n) is 1.98. The fourth-order valence-corrected chi connectivity index (χ4v) is 3.23. The number of aromatic nitrogens is 1. The third-order valence-corrected chi connectivity index (χ3v) is 4.20. The van der Waals surface area contributed by atoms with Gasteiger partial charge in [-0.05, 0) is 24.8 Å². The predicted octanol–water partition coefficient (Wildman–Crippen LogP) is 5.02. The molecule has 18 heavy (non-hydrogen) atoms. The molecule has 0 aliphatic heterocycles. The molecular weight excluding hydrogens is 262 g/mol. The first-order valence-corrected chi connectivity index (χ1v) is 7.59. The van der Waals surface area contributed by atoms with Gasteiger partial charge >= 0.3 is 0 Å². The molecule has 1 nitrogen and oxygen atoms in total. The van der Waals surface area contributed by atoms with Gasteiger partial charge in [-0.2, -0.15) is 0 Å². The smallest absolute Gasteiger partial charge is 0.0904 e. The van der Waals surface area contributed by atoms with Gasteiger partial charge in [0.15, 0.2) is 0 Å². The highest BCUT2D eigenvalue weighted by Crippen LogP contribution is 2.29. The second-order valence-corrected chi connectivity index (χ2v) is 6.39. The maximum atomic E-state index is 5.85. The molecular formula is C15H18ClNS. The Balaban J connectivity index is 2.35. The lowest BCUT2D eigenvalue weighted by Crippen LogP contribution is -1.90. The van der Waals surface area contributed by atoms with Crippen LogP contribution in [0.25, 0.3) is 11.3 Å². The van der Waals surface area contributed by atoms with Crippen LogP contribution in [0.4, 0.5) is 0 Å². The first-order valence-electron chi connectivity index (χ1n) is 6.24. The second-order valence-electron chi connectivity index (χ2n) is 4.72. The molecule has 3 heteroatoms. The molecule has 0 fully saturated rings. The molecule has 2 aromatic rings. The molecule has 0 atom stereocenters. The summed E-state index contributed by atoms with van der Waals surface area (Å²) in [5.41, 5.74) is 3.67. The summed E-state index contributed by atoms with van der Waals surface area (Å²) in [6, 6.07) is 8.72. The van der Waals surface area contributed by atoms with Gasteiger partial charge in [-0.15, -0.1) is 22.9 Å². The van der Waals surface area contributed by atoms with Gasteiger partial charge in [-0.25, -0.2) is 4.98 Å². The van der Waals surface area contributed by atoms with Crippen LogP contribution in [0.1, 0.15) is 35.2 Å². The summed E-state index contributed by atoms with van der Waals surface area (Å²) in [7, 11) is 0. The minimum atomic E-state index is 0.568. The number of hydrogen-bond acceptors (Lipinski definition) is 2. The summed E-state index contributed by atoms with van der Waals surface area (Å²) in [4.78, 5) is 5.93. The molecule has 1 heterocycles. The number of thiazole rings is 1. The number of rotatable bonds is 4. The van der Waals surface area contributed by atoms with Crippen molar-refractivity contribution in [1.82, 2.24) is 4.98 Å². The molecule has 96 valence electrons. The van der Waals surface area contributed by atoms with E-state index >= 15 is 0 Å². The number of halogens is 1. The van der Waals surface area contributed by atoms with Crippen molar-refractivity contribution in [2.24, 2.45) is 0 Å². The summed E-state index contributed by atoms with van der Waals surface area (Å²) >= 11 is 7.60. The van der Waals surface area contributed by atoms with Crippen molar-refractivity contribution in [3.63, 3.8) is 0 Å². The van der Waals surface area contributed by atoms with Gasteiger partial charge < -0.3 is 0 Å². The van der Waals surface area contributed by atoms with E-state index in [0.29, 0.717) is 11.8 Å². The lowest BCUT2D eigenvalue weighted by molar-refractivity contribution is 0.867. The summed E-state index contributed by atoms with van der Waals surface area (Å²) in [6.45, 7) is 6.47. The van der Waals surface area contributed by atoms with E-state index in [-0.39, 0.29) is 0 Å². The maximum absolute atomic E-state index is 5.85. The Labute approximate surface area is 118 Å². The van der Waals surface area contributed by atoms with E-state index < -0.39 is 0 Å². The number of hydrogen-bond donors (Lipinski definition) is 0. The highest BCUT2D eigenvalue weighted by atomic mass is 35.5. The SMILES string of the molecule is Cc1nc(-c2ccc(C(C)C)cc2)c(CCCl)s1. The Kier molecular flexibility index (Phi) is 4.41. The molecule has 0 saturated carbocycles. The Bertz CT molecular complexity index is 514. The van der Waals surface area contributed by atoms with E-state index in [1.807, 2.05) is 6.92 Å². The number of alkyl halides is 1. The summed E-state index contributed by atoms with van der Waals surface area (Å²) in [6.07, 6.45) is 0.897. The Morgan fingerprint density at radius 3 is 2.44 bits per heavy atom. The van der Waals surface area contributed by atoms with Crippen molar-refractivity contribution in [3.05, 3.63) is 39.7 Å². The molecule has 0 spiro atoms. The Morgan fingerprint density at radius 1 is 1.22 bits per heavy atom. The summed E-state index contributed by atoms with van der Waals surface area (Å²) in [5.74, 6) is 1.22. The van der Waals surface area contributed by atoms with Crippen LogP contribution < -0.4 is 0 Å². The van der Waals surface area contributed by atoms with E-state index in [4.69, 9.17) is 11.6 Å². The number of nitrogens with zero attached hydrogens (tertiary/aromatic N) is 1. The van der Waals surface area contributed by atoms with Crippen LogP contribution in [0.3, 0.4) is 0 Å². The zero-order valence-corrected chi connectivity index (χ0v) is 12.6. The molecule has 0 saturated heterocycles. The molecule has 0 bridgehead atoms. The van der Waals surface area contributed by atoms with Crippen molar-refractivity contribution in [3.8, 4) is 11.3 Å². The van der Waals surface area contributed by atoms with E-state index in [2.05, 4.69) is 43.1 Å².